The Bertz CT molecular complexity index is 444. The molecule has 92 valence electrons. The van der Waals surface area contributed by atoms with E-state index in [9.17, 15) is 4.79 Å². The van der Waals surface area contributed by atoms with Crippen LogP contribution in [0.25, 0.3) is 0 Å². The van der Waals surface area contributed by atoms with Gasteiger partial charge in [-0.1, -0.05) is 24.4 Å². The van der Waals surface area contributed by atoms with Gasteiger partial charge in [0.1, 0.15) is 0 Å². The van der Waals surface area contributed by atoms with Crippen molar-refractivity contribution in [3.05, 3.63) is 22.7 Å². The summed E-state index contributed by atoms with van der Waals surface area (Å²) in [5.41, 5.74) is 6.54. The molecular formula is C12H15ClN2O2. The highest BCUT2D eigenvalue weighted by atomic mass is 35.5. The van der Waals surface area contributed by atoms with Gasteiger partial charge >= 0.3 is 5.97 Å². The molecule has 0 aromatic heterocycles. The lowest BCUT2D eigenvalue weighted by Gasteiger charge is -2.12. The second-order valence-electron chi connectivity index (χ2n) is 4.39. The molecule has 1 aromatic rings. The van der Waals surface area contributed by atoms with E-state index in [1.807, 2.05) is 0 Å². The van der Waals surface area contributed by atoms with E-state index >= 15 is 0 Å². The Morgan fingerprint density at radius 2 is 2.24 bits per heavy atom. The van der Waals surface area contributed by atoms with Crippen molar-refractivity contribution in [1.82, 2.24) is 0 Å². The summed E-state index contributed by atoms with van der Waals surface area (Å²) in [5.74, 6) is -0.226. The molecule has 5 heteroatoms. The van der Waals surface area contributed by atoms with Crippen LogP contribution in [0.5, 0.6) is 0 Å². The van der Waals surface area contributed by atoms with E-state index in [1.165, 1.54) is 18.9 Å². The van der Waals surface area contributed by atoms with Gasteiger partial charge in [0, 0.05) is 12.2 Å². The molecule has 1 aromatic carbocycles. The van der Waals surface area contributed by atoms with Crippen molar-refractivity contribution in [1.29, 1.82) is 0 Å². The normalized spacial score (nSPS) is 14.6. The van der Waals surface area contributed by atoms with E-state index in [2.05, 4.69) is 5.32 Å². The standard InChI is InChI=1S/C12H15ClN2O2/c13-10-6-8(14)5-9(12(16)17)11(10)15-4-3-7-1-2-7/h5-7,15H,1-4,14H2,(H,16,17). The van der Waals surface area contributed by atoms with Crippen LogP contribution in [0.15, 0.2) is 12.1 Å². The number of rotatable bonds is 5. The lowest BCUT2D eigenvalue weighted by atomic mass is 10.1. The minimum absolute atomic E-state index is 0.130. The van der Waals surface area contributed by atoms with Gasteiger partial charge in [-0.05, 0) is 24.5 Å². The Morgan fingerprint density at radius 3 is 2.82 bits per heavy atom. The Balaban J connectivity index is 2.14. The van der Waals surface area contributed by atoms with Crippen LogP contribution in [-0.4, -0.2) is 17.6 Å². The maximum absolute atomic E-state index is 11.1. The number of carboxylic acid groups (broad SMARTS) is 1. The summed E-state index contributed by atoms with van der Waals surface area (Å²) in [6.07, 6.45) is 3.62. The fourth-order valence-electron chi connectivity index (χ4n) is 1.78. The van der Waals surface area contributed by atoms with Crippen LogP contribution in [0.3, 0.4) is 0 Å². The monoisotopic (exact) mass is 254 g/mol. The van der Waals surface area contributed by atoms with Gasteiger partial charge in [-0.25, -0.2) is 4.79 Å². The molecule has 4 N–H and O–H groups in total. The minimum Gasteiger partial charge on any atom is -0.478 e. The molecule has 0 unspecified atom stereocenters. The van der Waals surface area contributed by atoms with Gasteiger partial charge in [0.05, 0.1) is 16.3 Å². The van der Waals surface area contributed by atoms with Gasteiger partial charge in [0.15, 0.2) is 0 Å². The van der Waals surface area contributed by atoms with Crippen LogP contribution in [0.1, 0.15) is 29.6 Å². The molecule has 0 amide bonds. The van der Waals surface area contributed by atoms with Crippen molar-refractivity contribution in [3.63, 3.8) is 0 Å². The first kappa shape index (κ1) is 12.0. The minimum atomic E-state index is -1.02. The topological polar surface area (TPSA) is 75.3 Å². The van der Waals surface area contributed by atoms with Gasteiger partial charge in [0.2, 0.25) is 0 Å². The number of nitrogens with two attached hydrogens (primary N) is 1. The van der Waals surface area contributed by atoms with Crippen molar-refractivity contribution in [2.24, 2.45) is 5.92 Å². The summed E-state index contributed by atoms with van der Waals surface area (Å²) in [5, 5.41) is 12.5. The number of nitrogens with one attached hydrogen (secondary N) is 1. The summed E-state index contributed by atoms with van der Waals surface area (Å²) < 4.78 is 0. The lowest BCUT2D eigenvalue weighted by Crippen LogP contribution is -2.09. The molecule has 0 atom stereocenters. The molecule has 0 saturated heterocycles. The van der Waals surface area contributed by atoms with Crippen LogP contribution in [0.4, 0.5) is 11.4 Å². The number of carboxylic acids is 1. The number of carbonyl (C=O) groups is 1. The zero-order valence-corrected chi connectivity index (χ0v) is 10.1. The number of anilines is 2. The molecule has 0 radical (unpaired) electrons. The summed E-state index contributed by atoms with van der Waals surface area (Å²) in [7, 11) is 0. The zero-order chi connectivity index (χ0) is 12.4. The molecule has 2 rings (SSSR count). The predicted octanol–water partition coefficient (Wildman–Crippen LogP) is 2.83. The maximum Gasteiger partial charge on any atom is 0.337 e. The zero-order valence-electron chi connectivity index (χ0n) is 9.37. The lowest BCUT2D eigenvalue weighted by molar-refractivity contribution is 0.0698. The van der Waals surface area contributed by atoms with Crippen LogP contribution >= 0.6 is 11.6 Å². The SMILES string of the molecule is Nc1cc(Cl)c(NCCC2CC2)c(C(=O)O)c1. The Kier molecular flexibility index (Phi) is 3.43. The second-order valence-corrected chi connectivity index (χ2v) is 4.80. The number of hydrogen-bond donors (Lipinski definition) is 3. The molecule has 1 aliphatic rings. The molecule has 1 aliphatic carbocycles. The largest absolute Gasteiger partial charge is 0.478 e. The third kappa shape index (κ3) is 3.03. The summed E-state index contributed by atoms with van der Waals surface area (Å²) in [6.45, 7) is 0.745. The highest BCUT2D eigenvalue weighted by Crippen LogP contribution is 2.33. The molecule has 0 aliphatic heterocycles. The smallest absolute Gasteiger partial charge is 0.337 e. The van der Waals surface area contributed by atoms with Gasteiger partial charge in [0.25, 0.3) is 0 Å². The average Bonchev–Trinajstić information content (AvgIpc) is 3.04. The fourth-order valence-corrected chi connectivity index (χ4v) is 2.08. The first-order chi connectivity index (χ1) is 8.08. The molecule has 1 fully saturated rings. The molecule has 4 nitrogen and oxygen atoms in total. The Labute approximate surface area is 105 Å². The predicted molar refractivity (Wildman–Crippen MR) is 68.7 cm³/mol. The quantitative estimate of drug-likeness (QED) is 0.707. The van der Waals surface area contributed by atoms with E-state index < -0.39 is 5.97 Å². The number of aromatic carboxylic acids is 1. The molecule has 0 bridgehead atoms. The maximum atomic E-state index is 11.1. The second kappa shape index (κ2) is 4.84. The highest BCUT2D eigenvalue weighted by Gasteiger charge is 2.21. The summed E-state index contributed by atoms with van der Waals surface area (Å²) in [6, 6.07) is 2.99. The van der Waals surface area contributed by atoms with Crippen LogP contribution in [-0.2, 0) is 0 Å². The molecule has 0 spiro atoms. The van der Waals surface area contributed by atoms with Gasteiger partial charge in [-0.2, -0.15) is 0 Å². The molecule has 0 heterocycles. The third-order valence-electron chi connectivity index (χ3n) is 2.89. The molecular weight excluding hydrogens is 240 g/mol. The number of benzene rings is 1. The van der Waals surface area contributed by atoms with E-state index in [0.717, 1.165) is 18.9 Å². The Morgan fingerprint density at radius 1 is 1.53 bits per heavy atom. The van der Waals surface area contributed by atoms with Gasteiger partial charge in [-0.3, -0.25) is 0 Å². The van der Waals surface area contributed by atoms with E-state index in [1.54, 1.807) is 6.07 Å². The van der Waals surface area contributed by atoms with Crippen molar-refractivity contribution in [2.45, 2.75) is 19.3 Å². The highest BCUT2D eigenvalue weighted by molar-refractivity contribution is 6.34. The summed E-state index contributed by atoms with van der Waals surface area (Å²) in [4.78, 5) is 11.1. The van der Waals surface area contributed by atoms with Gasteiger partial charge < -0.3 is 16.2 Å². The van der Waals surface area contributed by atoms with E-state index in [0.29, 0.717) is 16.4 Å². The van der Waals surface area contributed by atoms with Crippen molar-refractivity contribution in [2.75, 3.05) is 17.6 Å². The van der Waals surface area contributed by atoms with Crippen LogP contribution in [0, 0.1) is 5.92 Å². The molecule has 1 saturated carbocycles. The van der Waals surface area contributed by atoms with E-state index in [-0.39, 0.29) is 5.56 Å². The average molecular weight is 255 g/mol. The first-order valence-corrected chi connectivity index (χ1v) is 6.02. The summed E-state index contributed by atoms with van der Waals surface area (Å²) >= 11 is 6.00. The third-order valence-corrected chi connectivity index (χ3v) is 3.19. The van der Waals surface area contributed by atoms with Crippen molar-refractivity contribution in [3.8, 4) is 0 Å². The Hall–Kier alpha value is -1.42. The first-order valence-electron chi connectivity index (χ1n) is 5.64. The molecule has 17 heavy (non-hydrogen) atoms. The van der Waals surface area contributed by atoms with Gasteiger partial charge in [-0.15, -0.1) is 0 Å². The number of nitrogen functional groups attached to an aromatic ring is 1. The number of halogens is 1. The van der Waals surface area contributed by atoms with Crippen molar-refractivity contribution < 1.29 is 9.90 Å². The fraction of sp³-hybridized carbons (Fsp3) is 0.417. The van der Waals surface area contributed by atoms with E-state index in [4.69, 9.17) is 22.4 Å². The number of hydrogen-bond acceptors (Lipinski definition) is 3. The van der Waals surface area contributed by atoms with Crippen molar-refractivity contribution >= 4 is 28.9 Å². The van der Waals surface area contributed by atoms with Crippen LogP contribution < -0.4 is 11.1 Å². The van der Waals surface area contributed by atoms with Crippen LogP contribution in [0.2, 0.25) is 5.02 Å².